The predicted octanol–water partition coefficient (Wildman–Crippen LogP) is -1.42. The van der Waals surface area contributed by atoms with E-state index in [-0.39, 0.29) is 19.3 Å². The molecular formula is C12H19N3O8. The molecule has 0 saturated heterocycles. The third-order valence-corrected chi connectivity index (χ3v) is 2.79. The quantitative estimate of drug-likeness (QED) is 0.281. The van der Waals surface area contributed by atoms with Gasteiger partial charge in [0, 0.05) is 19.9 Å². The summed E-state index contributed by atoms with van der Waals surface area (Å²) in [6.45, 7) is 0. The molecule has 11 heteroatoms. The highest BCUT2D eigenvalue weighted by Crippen LogP contribution is 2.01. The molecule has 0 rings (SSSR count). The zero-order valence-corrected chi connectivity index (χ0v) is 12.4. The average molecular weight is 333 g/mol. The number of carbonyl (C=O) groups is 5. The Balaban J connectivity index is 4.59. The molecule has 3 amide bonds. The highest BCUT2D eigenvalue weighted by atomic mass is 16.4. The molecule has 0 unspecified atom stereocenters. The third-order valence-electron chi connectivity index (χ3n) is 2.79. The van der Waals surface area contributed by atoms with E-state index in [1.54, 1.807) is 0 Å². The van der Waals surface area contributed by atoms with Crippen molar-refractivity contribution >= 4 is 29.8 Å². The zero-order chi connectivity index (χ0) is 18.0. The van der Waals surface area contributed by atoms with Crippen molar-refractivity contribution < 1.29 is 39.3 Å². The van der Waals surface area contributed by atoms with Gasteiger partial charge in [-0.3, -0.25) is 9.59 Å². The first-order valence-corrected chi connectivity index (χ1v) is 6.62. The number of carboxylic acid groups (broad SMARTS) is 3. The molecule has 0 aliphatic carbocycles. The molecule has 6 N–H and O–H groups in total. The van der Waals surface area contributed by atoms with Gasteiger partial charge >= 0.3 is 23.9 Å². The topological polar surface area (TPSA) is 182 Å². The minimum Gasteiger partial charge on any atom is -0.481 e. The molecule has 0 heterocycles. The fraction of sp³-hybridized carbons (Fsp3) is 0.583. The molecule has 0 aromatic rings. The van der Waals surface area contributed by atoms with Gasteiger partial charge in [-0.1, -0.05) is 0 Å². The van der Waals surface area contributed by atoms with Gasteiger partial charge in [0.1, 0.15) is 12.1 Å². The van der Waals surface area contributed by atoms with Gasteiger partial charge in [-0.25, -0.2) is 14.4 Å². The molecule has 0 saturated carbocycles. The van der Waals surface area contributed by atoms with Crippen LogP contribution in [0.4, 0.5) is 4.79 Å². The lowest BCUT2D eigenvalue weighted by atomic mass is 10.1. The summed E-state index contributed by atoms with van der Waals surface area (Å²) in [7, 11) is 1.37. The van der Waals surface area contributed by atoms with Crippen LogP contribution in [-0.2, 0) is 19.2 Å². The van der Waals surface area contributed by atoms with Crippen molar-refractivity contribution in [2.45, 2.75) is 37.8 Å². The summed E-state index contributed by atoms with van der Waals surface area (Å²) < 4.78 is 0. The number of nitrogens with one attached hydrogen (secondary N) is 3. The lowest BCUT2D eigenvalue weighted by molar-refractivity contribution is -0.141. The van der Waals surface area contributed by atoms with Crippen LogP contribution in [0, 0.1) is 0 Å². The maximum absolute atomic E-state index is 11.6. The molecule has 0 spiro atoms. The summed E-state index contributed by atoms with van der Waals surface area (Å²) in [6.07, 6.45) is -1.16. The molecule has 130 valence electrons. The van der Waals surface area contributed by atoms with E-state index in [1.165, 1.54) is 7.05 Å². The molecule has 0 fully saturated rings. The van der Waals surface area contributed by atoms with Crippen molar-refractivity contribution in [3.05, 3.63) is 0 Å². The van der Waals surface area contributed by atoms with Gasteiger partial charge in [-0.05, 0) is 12.8 Å². The molecule has 0 bridgehead atoms. The van der Waals surface area contributed by atoms with E-state index in [9.17, 15) is 24.0 Å². The van der Waals surface area contributed by atoms with E-state index < -0.39 is 48.4 Å². The number of hydrogen-bond acceptors (Lipinski definition) is 5. The van der Waals surface area contributed by atoms with E-state index in [0.717, 1.165) is 0 Å². The summed E-state index contributed by atoms with van der Waals surface area (Å²) in [5, 5.41) is 32.6. The Hall–Kier alpha value is -2.85. The number of urea groups is 1. The van der Waals surface area contributed by atoms with Gasteiger partial charge in [-0.2, -0.15) is 0 Å². The van der Waals surface area contributed by atoms with Crippen LogP contribution in [0.2, 0.25) is 0 Å². The first-order valence-electron chi connectivity index (χ1n) is 6.62. The van der Waals surface area contributed by atoms with Gasteiger partial charge < -0.3 is 31.3 Å². The Bertz CT molecular complexity index is 479. The van der Waals surface area contributed by atoms with E-state index in [0.29, 0.717) is 0 Å². The van der Waals surface area contributed by atoms with Crippen molar-refractivity contribution in [1.29, 1.82) is 0 Å². The van der Waals surface area contributed by atoms with Crippen molar-refractivity contribution in [3.8, 4) is 0 Å². The Morgan fingerprint density at radius 1 is 0.826 bits per heavy atom. The van der Waals surface area contributed by atoms with Crippen LogP contribution in [0.25, 0.3) is 0 Å². The smallest absolute Gasteiger partial charge is 0.326 e. The second-order valence-corrected chi connectivity index (χ2v) is 4.54. The molecule has 0 aliphatic rings. The third kappa shape index (κ3) is 8.90. The van der Waals surface area contributed by atoms with Crippen LogP contribution in [0.5, 0.6) is 0 Å². The van der Waals surface area contributed by atoms with Crippen LogP contribution in [0.3, 0.4) is 0 Å². The fourth-order valence-electron chi connectivity index (χ4n) is 1.54. The first kappa shape index (κ1) is 20.1. The first-order chi connectivity index (χ1) is 10.7. The number of rotatable bonds is 10. The fourth-order valence-corrected chi connectivity index (χ4v) is 1.54. The summed E-state index contributed by atoms with van der Waals surface area (Å²) in [5.41, 5.74) is 0. The average Bonchev–Trinajstić information content (AvgIpc) is 2.46. The number of amides is 3. The molecule has 0 radical (unpaired) electrons. The monoisotopic (exact) mass is 333 g/mol. The normalized spacial score (nSPS) is 12.6. The minimum absolute atomic E-state index is 0.144. The van der Waals surface area contributed by atoms with Crippen LogP contribution < -0.4 is 16.0 Å². The number of carbonyl (C=O) groups excluding carboxylic acids is 2. The van der Waals surface area contributed by atoms with Crippen LogP contribution in [0.1, 0.15) is 25.7 Å². The Morgan fingerprint density at radius 3 is 1.61 bits per heavy atom. The summed E-state index contributed by atoms with van der Waals surface area (Å²) in [4.78, 5) is 55.0. The molecule has 11 nitrogen and oxygen atoms in total. The van der Waals surface area contributed by atoms with Crippen molar-refractivity contribution in [2.75, 3.05) is 7.05 Å². The highest BCUT2D eigenvalue weighted by Gasteiger charge is 2.25. The molecule has 0 aromatic heterocycles. The Morgan fingerprint density at radius 2 is 1.26 bits per heavy atom. The molecular weight excluding hydrogens is 314 g/mol. The maximum Gasteiger partial charge on any atom is 0.326 e. The van der Waals surface area contributed by atoms with Crippen molar-refractivity contribution in [3.63, 3.8) is 0 Å². The lowest BCUT2D eigenvalue weighted by Gasteiger charge is -2.18. The van der Waals surface area contributed by atoms with E-state index >= 15 is 0 Å². The van der Waals surface area contributed by atoms with Gasteiger partial charge in [0.2, 0.25) is 5.91 Å². The number of hydrogen-bond donors (Lipinski definition) is 6. The minimum atomic E-state index is -1.47. The Labute approximate surface area is 131 Å². The SMILES string of the molecule is CNC(=O)CC[C@H](NC(=O)N[C@@H](CCC(=O)O)C(=O)O)C(=O)O. The molecule has 23 heavy (non-hydrogen) atoms. The van der Waals surface area contributed by atoms with Gasteiger partial charge in [0.05, 0.1) is 0 Å². The summed E-state index contributed by atoms with van der Waals surface area (Å²) >= 11 is 0. The summed E-state index contributed by atoms with van der Waals surface area (Å²) in [6, 6.07) is -3.94. The second-order valence-electron chi connectivity index (χ2n) is 4.54. The molecule has 0 aromatic carbocycles. The van der Waals surface area contributed by atoms with Gasteiger partial charge in [0.15, 0.2) is 0 Å². The van der Waals surface area contributed by atoms with Gasteiger partial charge in [0.25, 0.3) is 0 Å². The van der Waals surface area contributed by atoms with Crippen LogP contribution in [-0.4, -0.2) is 64.3 Å². The highest BCUT2D eigenvalue weighted by molar-refractivity contribution is 5.86. The standard InChI is InChI=1S/C12H19N3O8/c1-13-8(16)4-2-6(10(19)20)14-12(23)15-7(11(21)22)3-5-9(17)18/h6-7H,2-5H2,1H3,(H,13,16)(H,17,18)(H,19,20)(H,21,22)(H2,14,15,23)/t6-,7-/m0/s1. The lowest BCUT2D eigenvalue weighted by Crippen LogP contribution is -2.51. The van der Waals surface area contributed by atoms with Crippen molar-refractivity contribution in [1.82, 2.24) is 16.0 Å². The number of aliphatic carboxylic acids is 3. The van der Waals surface area contributed by atoms with E-state index in [1.807, 2.05) is 10.6 Å². The van der Waals surface area contributed by atoms with Gasteiger partial charge in [-0.15, -0.1) is 0 Å². The van der Waals surface area contributed by atoms with E-state index in [2.05, 4.69) is 5.32 Å². The summed E-state index contributed by atoms with van der Waals surface area (Å²) in [5.74, 6) is -4.48. The molecule has 2 atom stereocenters. The largest absolute Gasteiger partial charge is 0.481 e. The zero-order valence-electron chi connectivity index (χ0n) is 12.4. The predicted molar refractivity (Wildman–Crippen MR) is 74.7 cm³/mol. The van der Waals surface area contributed by atoms with Crippen LogP contribution >= 0.6 is 0 Å². The maximum atomic E-state index is 11.6. The van der Waals surface area contributed by atoms with Crippen molar-refractivity contribution in [2.24, 2.45) is 0 Å². The number of carboxylic acids is 3. The second kappa shape index (κ2) is 9.97. The van der Waals surface area contributed by atoms with E-state index in [4.69, 9.17) is 15.3 Å². The molecule has 0 aliphatic heterocycles. The Kier molecular flexibility index (Phi) is 8.74. The van der Waals surface area contributed by atoms with Crippen LogP contribution in [0.15, 0.2) is 0 Å².